The number of rotatable bonds is 6. The van der Waals surface area contributed by atoms with Gasteiger partial charge < -0.3 is 10.2 Å². The molecule has 22 heavy (non-hydrogen) atoms. The van der Waals surface area contributed by atoms with E-state index in [0.717, 1.165) is 29.3 Å². The van der Waals surface area contributed by atoms with Crippen LogP contribution in [-0.2, 0) is 6.42 Å². The fraction of sp³-hybridized carbons (Fsp3) is 0.412. The lowest BCUT2D eigenvalue weighted by Crippen LogP contribution is -2.17. The Morgan fingerprint density at radius 1 is 1.41 bits per heavy atom. The number of thiazole rings is 1. The predicted octanol–water partition coefficient (Wildman–Crippen LogP) is 4.05. The van der Waals surface area contributed by atoms with Crippen LogP contribution in [0, 0.1) is 5.92 Å². The van der Waals surface area contributed by atoms with E-state index < -0.39 is 0 Å². The van der Waals surface area contributed by atoms with Crippen molar-refractivity contribution >= 4 is 28.6 Å². The van der Waals surface area contributed by atoms with Gasteiger partial charge in [-0.05, 0) is 31.0 Å². The first-order valence-corrected chi connectivity index (χ1v) is 8.44. The lowest BCUT2D eigenvalue weighted by molar-refractivity contribution is 0.102. The van der Waals surface area contributed by atoms with Crippen LogP contribution < -0.4 is 10.2 Å². The van der Waals surface area contributed by atoms with E-state index >= 15 is 0 Å². The van der Waals surface area contributed by atoms with Gasteiger partial charge in [0.05, 0.1) is 5.01 Å². The average molecular weight is 317 g/mol. The van der Waals surface area contributed by atoms with Crippen molar-refractivity contribution < 1.29 is 4.79 Å². The Balaban J connectivity index is 2.07. The van der Waals surface area contributed by atoms with E-state index in [4.69, 9.17) is 0 Å². The quantitative estimate of drug-likeness (QED) is 0.874. The summed E-state index contributed by atoms with van der Waals surface area (Å²) in [7, 11) is 2.03. The van der Waals surface area contributed by atoms with E-state index in [9.17, 15) is 4.79 Å². The molecule has 0 atom stereocenters. The standard InChI is InChI=1S/C17H23N3OS/c1-5-20(4)14-8-6-7-13(10-14)18-17(21)15-11-22-16(19-15)9-12(2)3/h6-8,10-12H,5,9H2,1-4H3,(H,18,21). The van der Waals surface area contributed by atoms with Gasteiger partial charge in [-0.1, -0.05) is 19.9 Å². The highest BCUT2D eigenvalue weighted by atomic mass is 32.1. The lowest BCUT2D eigenvalue weighted by atomic mass is 10.1. The molecule has 0 bridgehead atoms. The van der Waals surface area contributed by atoms with Crippen molar-refractivity contribution in [3.63, 3.8) is 0 Å². The second-order valence-corrected chi connectivity index (χ2v) is 6.69. The molecule has 118 valence electrons. The Morgan fingerprint density at radius 2 is 2.18 bits per heavy atom. The molecule has 5 heteroatoms. The van der Waals surface area contributed by atoms with Crippen molar-refractivity contribution in [1.82, 2.24) is 4.98 Å². The molecule has 4 nitrogen and oxygen atoms in total. The van der Waals surface area contributed by atoms with Crippen LogP contribution in [0.15, 0.2) is 29.6 Å². The third kappa shape index (κ3) is 4.31. The van der Waals surface area contributed by atoms with Gasteiger partial charge in [0, 0.05) is 36.8 Å². The molecule has 0 aliphatic carbocycles. The lowest BCUT2D eigenvalue weighted by Gasteiger charge is -2.17. The molecule has 0 saturated heterocycles. The Labute approximate surface area is 136 Å². The van der Waals surface area contributed by atoms with E-state index in [0.29, 0.717) is 11.6 Å². The minimum Gasteiger partial charge on any atom is -0.375 e. The molecule has 1 amide bonds. The van der Waals surface area contributed by atoms with Crippen LogP contribution >= 0.6 is 11.3 Å². The predicted molar refractivity (Wildman–Crippen MR) is 94.0 cm³/mol. The second-order valence-electron chi connectivity index (χ2n) is 5.74. The molecule has 0 radical (unpaired) electrons. The summed E-state index contributed by atoms with van der Waals surface area (Å²) >= 11 is 1.55. The molecule has 1 aromatic carbocycles. The first-order chi connectivity index (χ1) is 10.5. The molecule has 1 aromatic heterocycles. The van der Waals surface area contributed by atoms with Gasteiger partial charge >= 0.3 is 0 Å². The maximum Gasteiger partial charge on any atom is 0.275 e. The molecule has 0 aliphatic rings. The van der Waals surface area contributed by atoms with Crippen molar-refractivity contribution in [2.45, 2.75) is 27.2 Å². The Kier molecular flexibility index (Phi) is 5.55. The number of nitrogens with zero attached hydrogens (tertiary/aromatic N) is 2. The largest absolute Gasteiger partial charge is 0.375 e. The number of benzene rings is 1. The van der Waals surface area contributed by atoms with E-state index in [1.165, 1.54) is 0 Å². The molecule has 0 fully saturated rings. The SMILES string of the molecule is CCN(C)c1cccc(NC(=O)c2csc(CC(C)C)n2)c1. The minimum absolute atomic E-state index is 0.150. The number of carbonyl (C=O) groups is 1. The fourth-order valence-corrected chi connectivity index (χ4v) is 3.04. The van der Waals surface area contributed by atoms with Gasteiger partial charge in [-0.15, -0.1) is 11.3 Å². The number of aromatic nitrogens is 1. The van der Waals surface area contributed by atoms with Crippen LogP contribution in [0.25, 0.3) is 0 Å². The zero-order valence-electron chi connectivity index (χ0n) is 13.6. The molecule has 2 aromatic rings. The van der Waals surface area contributed by atoms with Crippen LogP contribution in [0.4, 0.5) is 11.4 Å². The van der Waals surface area contributed by atoms with Gasteiger partial charge in [0.1, 0.15) is 5.69 Å². The monoisotopic (exact) mass is 317 g/mol. The van der Waals surface area contributed by atoms with Gasteiger partial charge in [-0.25, -0.2) is 4.98 Å². The van der Waals surface area contributed by atoms with Crippen molar-refractivity contribution in [2.24, 2.45) is 5.92 Å². The van der Waals surface area contributed by atoms with E-state index in [2.05, 4.69) is 36.0 Å². The Morgan fingerprint density at radius 3 is 2.86 bits per heavy atom. The first-order valence-electron chi connectivity index (χ1n) is 7.56. The van der Waals surface area contributed by atoms with Crippen LogP contribution in [0.1, 0.15) is 36.3 Å². The average Bonchev–Trinajstić information content (AvgIpc) is 2.94. The summed E-state index contributed by atoms with van der Waals surface area (Å²) in [6.07, 6.45) is 0.911. The molecule has 0 unspecified atom stereocenters. The van der Waals surface area contributed by atoms with Gasteiger partial charge in [-0.3, -0.25) is 4.79 Å². The number of carbonyl (C=O) groups excluding carboxylic acids is 1. The molecule has 0 saturated carbocycles. The van der Waals surface area contributed by atoms with Crippen molar-refractivity contribution in [1.29, 1.82) is 0 Å². The summed E-state index contributed by atoms with van der Waals surface area (Å²) in [5, 5.41) is 5.76. The van der Waals surface area contributed by atoms with E-state index in [-0.39, 0.29) is 5.91 Å². The summed E-state index contributed by atoms with van der Waals surface area (Å²) in [4.78, 5) is 18.8. The van der Waals surface area contributed by atoms with Crippen molar-refractivity contribution in [3.05, 3.63) is 40.3 Å². The van der Waals surface area contributed by atoms with Gasteiger partial charge in [0.25, 0.3) is 5.91 Å². The van der Waals surface area contributed by atoms with Crippen LogP contribution in [0.5, 0.6) is 0 Å². The van der Waals surface area contributed by atoms with Crippen molar-refractivity contribution in [3.8, 4) is 0 Å². The summed E-state index contributed by atoms with van der Waals surface area (Å²) in [6, 6.07) is 7.85. The zero-order valence-corrected chi connectivity index (χ0v) is 14.4. The smallest absolute Gasteiger partial charge is 0.275 e. The van der Waals surface area contributed by atoms with Gasteiger partial charge in [-0.2, -0.15) is 0 Å². The normalized spacial score (nSPS) is 10.8. The Bertz CT molecular complexity index is 636. The van der Waals surface area contributed by atoms with E-state index in [1.54, 1.807) is 11.3 Å². The van der Waals surface area contributed by atoms with Crippen LogP contribution in [-0.4, -0.2) is 24.5 Å². The maximum atomic E-state index is 12.3. The molecule has 0 aliphatic heterocycles. The number of nitrogens with one attached hydrogen (secondary N) is 1. The molecule has 2 rings (SSSR count). The van der Waals surface area contributed by atoms with Crippen LogP contribution in [0.2, 0.25) is 0 Å². The molecule has 1 heterocycles. The highest BCUT2D eigenvalue weighted by Crippen LogP contribution is 2.20. The minimum atomic E-state index is -0.150. The maximum absolute atomic E-state index is 12.3. The zero-order chi connectivity index (χ0) is 16.1. The van der Waals surface area contributed by atoms with Crippen LogP contribution in [0.3, 0.4) is 0 Å². The number of hydrogen-bond acceptors (Lipinski definition) is 4. The second kappa shape index (κ2) is 7.40. The summed E-state index contributed by atoms with van der Waals surface area (Å²) in [5.74, 6) is 0.394. The summed E-state index contributed by atoms with van der Waals surface area (Å²) in [6.45, 7) is 7.31. The topological polar surface area (TPSA) is 45.2 Å². The third-order valence-electron chi connectivity index (χ3n) is 3.39. The molecule has 0 spiro atoms. The van der Waals surface area contributed by atoms with E-state index in [1.807, 2.05) is 36.7 Å². The van der Waals surface area contributed by atoms with Gasteiger partial charge in [0.15, 0.2) is 0 Å². The number of anilines is 2. The van der Waals surface area contributed by atoms with Gasteiger partial charge in [0.2, 0.25) is 0 Å². The molecular formula is C17H23N3OS. The number of amides is 1. The Hall–Kier alpha value is -1.88. The highest BCUT2D eigenvalue weighted by Gasteiger charge is 2.12. The summed E-state index contributed by atoms with van der Waals surface area (Å²) in [5.41, 5.74) is 2.37. The highest BCUT2D eigenvalue weighted by molar-refractivity contribution is 7.09. The van der Waals surface area contributed by atoms with Crippen molar-refractivity contribution in [2.75, 3.05) is 23.8 Å². The first kappa shape index (κ1) is 16.5. The number of hydrogen-bond donors (Lipinski definition) is 1. The fourth-order valence-electron chi connectivity index (χ4n) is 2.06. The third-order valence-corrected chi connectivity index (χ3v) is 4.26. The summed E-state index contributed by atoms with van der Waals surface area (Å²) < 4.78 is 0. The molecule has 1 N–H and O–H groups in total. The molecular weight excluding hydrogens is 294 g/mol.